The van der Waals surface area contributed by atoms with E-state index in [0.717, 1.165) is 16.8 Å². The van der Waals surface area contributed by atoms with E-state index < -0.39 is 0 Å². The van der Waals surface area contributed by atoms with Crippen molar-refractivity contribution in [2.75, 3.05) is 5.32 Å². The summed E-state index contributed by atoms with van der Waals surface area (Å²) in [5.41, 5.74) is 3.22. The first-order chi connectivity index (χ1) is 9.83. The van der Waals surface area contributed by atoms with E-state index in [0.29, 0.717) is 0 Å². The van der Waals surface area contributed by atoms with E-state index in [9.17, 15) is 4.79 Å². The smallest absolute Gasteiger partial charge is 0.277 e. The second-order valence-electron chi connectivity index (χ2n) is 4.25. The van der Waals surface area contributed by atoms with E-state index in [1.165, 1.54) is 6.20 Å². The lowest BCUT2D eigenvalue weighted by molar-refractivity contribution is 0.102. The number of amides is 1. The molecule has 0 aliphatic rings. The van der Waals surface area contributed by atoms with Crippen molar-refractivity contribution in [3.05, 3.63) is 66.5 Å². The Hall–Kier alpha value is -2.95. The van der Waals surface area contributed by atoms with Crippen molar-refractivity contribution >= 4 is 11.6 Å². The first-order valence-corrected chi connectivity index (χ1v) is 6.15. The van der Waals surface area contributed by atoms with E-state index in [1.807, 2.05) is 54.6 Å². The zero-order valence-corrected chi connectivity index (χ0v) is 10.6. The van der Waals surface area contributed by atoms with Crippen LogP contribution in [0.15, 0.2) is 60.8 Å². The lowest BCUT2D eigenvalue weighted by Crippen LogP contribution is -2.12. The molecule has 0 aliphatic carbocycles. The first kappa shape index (κ1) is 12.1. The van der Waals surface area contributed by atoms with Gasteiger partial charge < -0.3 is 5.32 Å². The molecule has 1 aromatic heterocycles. The van der Waals surface area contributed by atoms with Crippen LogP contribution < -0.4 is 5.32 Å². The van der Waals surface area contributed by atoms with Gasteiger partial charge in [0.2, 0.25) is 0 Å². The van der Waals surface area contributed by atoms with Crippen LogP contribution >= 0.6 is 0 Å². The van der Waals surface area contributed by atoms with Gasteiger partial charge in [0.25, 0.3) is 5.91 Å². The largest absolute Gasteiger partial charge is 0.321 e. The number of hydrogen-bond acceptors (Lipinski definition) is 3. The Kier molecular flexibility index (Phi) is 3.24. The molecule has 1 heterocycles. The van der Waals surface area contributed by atoms with Gasteiger partial charge in [0.05, 0.1) is 6.20 Å². The maximum atomic E-state index is 11.8. The maximum absolute atomic E-state index is 11.8. The minimum Gasteiger partial charge on any atom is -0.321 e. The zero-order chi connectivity index (χ0) is 13.8. The van der Waals surface area contributed by atoms with Crippen LogP contribution in [0.3, 0.4) is 0 Å². The molecule has 5 heteroatoms. The van der Waals surface area contributed by atoms with Crippen molar-refractivity contribution in [3.63, 3.8) is 0 Å². The van der Waals surface area contributed by atoms with Crippen molar-refractivity contribution in [3.8, 4) is 11.1 Å². The zero-order valence-electron chi connectivity index (χ0n) is 10.6. The fraction of sp³-hybridized carbons (Fsp3) is 0. The molecule has 0 saturated heterocycles. The number of carbonyl (C=O) groups excluding carboxylic acids is 1. The van der Waals surface area contributed by atoms with Crippen LogP contribution in [-0.2, 0) is 0 Å². The molecule has 1 amide bonds. The fourth-order valence-corrected chi connectivity index (χ4v) is 1.88. The summed E-state index contributed by atoms with van der Waals surface area (Å²) in [5, 5.41) is 12.5. The van der Waals surface area contributed by atoms with Gasteiger partial charge in [-0.3, -0.25) is 4.79 Å². The average molecular weight is 264 g/mol. The van der Waals surface area contributed by atoms with E-state index in [4.69, 9.17) is 0 Å². The molecule has 2 N–H and O–H groups in total. The van der Waals surface area contributed by atoms with Crippen LogP contribution in [0.4, 0.5) is 5.69 Å². The first-order valence-electron chi connectivity index (χ1n) is 6.15. The highest BCUT2D eigenvalue weighted by atomic mass is 16.2. The third kappa shape index (κ3) is 2.56. The third-order valence-corrected chi connectivity index (χ3v) is 2.90. The molecule has 2 aromatic carbocycles. The van der Waals surface area contributed by atoms with Gasteiger partial charge in [-0.2, -0.15) is 15.4 Å². The second kappa shape index (κ2) is 5.36. The van der Waals surface area contributed by atoms with E-state index in [1.54, 1.807) is 0 Å². The Labute approximate surface area is 115 Å². The van der Waals surface area contributed by atoms with E-state index in [-0.39, 0.29) is 11.6 Å². The van der Waals surface area contributed by atoms with E-state index in [2.05, 4.69) is 20.7 Å². The summed E-state index contributed by atoms with van der Waals surface area (Å²) in [7, 11) is 0. The number of rotatable bonds is 3. The molecule has 0 aliphatic heterocycles. The number of aromatic amines is 1. The topological polar surface area (TPSA) is 70.7 Å². The quantitative estimate of drug-likeness (QED) is 0.764. The summed E-state index contributed by atoms with van der Waals surface area (Å²) >= 11 is 0. The molecular formula is C15H12N4O. The monoisotopic (exact) mass is 264 g/mol. The van der Waals surface area contributed by atoms with Gasteiger partial charge in [-0.05, 0) is 23.3 Å². The molecule has 3 aromatic rings. The predicted octanol–water partition coefficient (Wildman–Crippen LogP) is 2.72. The van der Waals surface area contributed by atoms with Gasteiger partial charge in [0.15, 0.2) is 5.69 Å². The van der Waals surface area contributed by atoms with Crippen LogP contribution in [0, 0.1) is 0 Å². The number of anilines is 1. The molecule has 0 fully saturated rings. The molecule has 5 nitrogen and oxygen atoms in total. The number of carbonyl (C=O) groups is 1. The Morgan fingerprint density at radius 3 is 2.30 bits per heavy atom. The van der Waals surface area contributed by atoms with Crippen molar-refractivity contribution < 1.29 is 4.79 Å². The summed E-state index contributed by atoms with van der Waals surface area (Å²) in [6.07, 6.45) is 1.38. The van der Waals surface area contributed by atoms with Gasteiger partial charge in [-0.1, -0.05) is 42.5 Å². The molecule has 0 radical (unpaired) electrons. The lowest BCUT2D eigenvalue weighted by atomic mass is 10.1. The highest BCUT2D eigenvalue weighted by Gasteiger charge is 2.08. The van der Waals surface area contributed by atoms with Crippen LogP contribution in [-0.4, -0.2) is 21.3 Å². The molecule has 3 rings (SSSR count). The van der Waals surface area contributed by atoms with Crippen LogP contribution in [0.1, 0.15) is 10.5 Å². The molecule has 0 bridgehead atoms. The average Bonchev–Trinajstić information content (AvgIpc) is 3.03. The molecule has 98 valence electrons. The maximum Gasteiger partial charge on any atom is 0.277 e. The van der Waals surface area contributed by atoms with Gasteiger partial charge in [0.1, 0.15) is 0 Å². The van der Waals surface area contributed by atoms with Crippen LogP contribution in [0.25, 0.3) is 11.1 Å². The third-order valence-electron chi connectivity index (χ3n) is 2.90. The van der Waals surface area contributed by atoms with Crippen molar-refractivity contribution in [2.24, 2.45) is 0 Å². The number of hydrogen-bond donors (Lipinski definition) is 2. The van der Waals surface area contributed by atoms with Gasteiger partial charge in [-0.15, -0.1) is 0 Å². The fourth-order valence-electron chi connectivity index (χ4n) is 1.88. The van der Waals surface area contributed by atoms with Gasteiger partial charge in [0, 0.05) is 5.69 Å². The Morgan fingerprint density at radius 1 is 0.950 bits per heavy atom. The Bertz CT molecular complexity index is 691. The Balaban J connectivity index is 1.75. The highest BCUT2D eigenvalue weighted by molar-refractivity contribution is 6.02. The molecular weight excluding hydrogens is 252 g/mol. The standard InChI is InChI=1S/C15H12N4O/c20-15(14-10-16-19-18-14)17-13-8-6-12(7-9-13)11-4-2-1-3-5-11/h1-10H,(H,17,20)(H,16,18,19). The predicted molar refractivity (Wildman–Crippen MR) is 76.2 cm³/mol. The highest BCUT2D eigenvalue weighted by Crippen LogP contribution is 2.21. The minimum absolute atomic E-state index is 0.261. The minimum atomic E-state index is -0.286. The van der Waals surface area contributed by atoms with Crippen LogP contribution in [0.5, 0.6) is 0 Å². The second-order valence-corrected chi connectivity index (χ2v) is 4.25. The van der Waals surface area contributed by atoms with Crippen molar-refractivity contribution in [1.82, 2.24) is 15.4 Å². The molecule has 20 heavy (non-hydrogen) atoms. The Morgan fingerprint density at radius 2 is 1.65 bits per heavy atom. The van der Waals surface area contributed by atoms with Gasteiger partial charge in [-0.25, -0.2) is 0 Å². The molecule has 0 unspecified atom stereocenters. The normalized spacial score (nSPS) is 10.2. The van der Waals surface area contributed by atoms with Crippen molar-refractivity contribution in [2.45, 2.75) is 0 Å². The number of aromatic nitrogens is 3. The SMILES string of the molecule is O=C(Nc1ccc(-c2ccccc2)cc1)c1cn[nH]n1. The number of H-pyrrole nitrogens is 1. The summed E-state index contributed by atoms with van der Waals surface area (Å²) in [5.74, 6) is -0.286. The van der Waals surface area contributed by atoms with Crippen molar-refractivity contribution in [1.29, 1.82) is 0 Å². The molecule has 0 atom stereocenters. The van der Waals surface area contributed by atoms with E-state index >= 15 is 0 Å². The summed E-state index contributed by atoms with van der Waals surface area (Å²) in [6.45, 7) is 0. The molecule has 0 spiro atoms. The summed E-state index contributed by atoms with van der Waals surface area (Å²) in [6, 6.07) is 17.7. The number of nitrogens with zero attached hydrogens (tertiary/aromatic N) is 2. The summed E-state index contributed by atoms with van der Waals surface area (Å²) < 4.78 is 0. The summed E-state index contributed by atoms with van der Waals surface area (Å²) in [4.78, 5) is 11.8. The van der Waals surface area contributed by atoms with Gasteiger partial charge >= 0.3 is 0 Å². The number of benzene rings is 2. The lowest BCUT2D eigenvalue weighted by Gasteiger charge is -2.05. The van der Waals surface area contributed by atoms with Crippen LogP contribution in [0.2, 0.25) is 0 Å². The molecule has 0 saturated carbocycles. The number of nitrogens with one attached hydrogen (secondary N) is 2.